The van der Waals surface area contributed by atoms with Gasteiger partial charge < -0.3 is 4.74 Å². The zero-order valence-corrected chi connectivity index (χ0v) is 17.5. The van der Waals surface area contributed by atoms with Gasteiger partial charge in [-0.25, -0.2) is 21.9 Å². The van der Waals surface area contributed by atoms with Crippen LogP contribution in [0.4, 0.5) is 8.78 Å². The zero-order chi connectivity index (χ0) is 21.0. The molecule has 3 rings (SSSR count). The lowest BCUT2D eigenvalue weighted by Gasteiger charge is -2.38. The lowest BCUT2D eigenvalue weighted by atomic mass is 10.0. The number of morpholine rings is 1. The summed E-state index contributed by atoms with van der Waals surface area (Å²) in [5.74, 6) is -1.37. The summed E-state index contributed by atoms with van der Waals surface area (Å²) in [7, 11) is -3.77. The van der Waals surface area contributed by atoms with Gasteiger partial charge in [-0.05, 0) is 36.8 Å². The van der Waals surface area contributed by atoms with Crippen molar-refractivity contribution >= 4 is 21.6 Å². The fourth-order valence-electron chi connectivity index (χ4n) is 3.47. The average molecular weight is 445 g/mol. The van der Waals surface area contributed by atoms with Crippen molar-refractivity contribution in [2.75, 3.05) is 26.2 Å². The van der Waals surface area contributed by atoms with E-state index in [2.05, 4.69) is 4.72 Å². The Bertz CT molecular complexity index is 938. The van der Waals surface area contributed by atoms with Crippen LogP contribution in [-0.4, -0.2) is 45.7 Å². The van der Waals surface area contributed by atoms with Crippen LogP contribution in [0.2, 0.25) is 5.02 Å². The largest absolute Gasteiger partial charge is 0.376 e. The first-order valence-electron chi connectivity index (χ1n) is 9.26. The molecule has 1 N–H and O–H groups in total. The van der Waals surface area contributed by atoms with Gasteiger partial charge in [-0.3, -0.25) is 4.90 Å². The van der Waals surface area contributed by atoms with Gasteiger partial charge in [0.05, 0.1) is 24.5 Å². The molecule has 2 aromatic rings. The molecule has 1 fully saturated rings. The smallest absolute Gasteiger partial charge is 0.215 e. The Morgan fingerprint density at radius 3 is 2.72 bits per heavy atom. The molecule has 9 heteroatoms. The number of hydrogen-bond donors (Lipinski definition) is 1. The van der Waals surface area contributed by atoms with Crippen LogP contribution in [0.15, 0.2) is 42.5 Å². The fourth-order valence-corrected chi connectivity index (χ4v) is 4.90. The van der Waals surface area contributed by atoms with E-state index in [1.165, 1.54) is 36.4 Å². The van der Waals surface area contributed by atoms with Crippen LogP contribution in [0, 0.1) is 11.6 Å². The Hall–Kier alpha value is -1.58. The lowest BCUT2D eigenvalue weighted by Crippen LogP contribution is -2.47. The summed E-state index contributed by atoms with van der Waals surface area (Å²) < 4.78 is 61.2. The van der Waals surface area contributed by atoms with E-state index in [0.717, 1.165) is 0 Å². The second-order valence-corrected chi connectivity index (χ2v) is 9.28. The standard InChI is InChI=1S/C20H23ClF2N2O3S/c1-14-12-25(8-9-28-14)19(20-17(21)6-3-7-18(20)23)11-24-29(26,27)13-15-4-2-5-16(22)10-15/h2-7,10,14,19,24H,8-9,11-13H2,1H3. The molecule has 0 saturated carbocycles. The molecule has 1 aliphatic heterocycles. The Morgan fingerprint density at radius 2 is 2.03 bits per heavy atom. The normalized spacial score (nSPS) is 19.2. The van der Waals surface area contributed by atoms with Gasteiger partial charge in [0.1, 0.15) is 11.6 Å². The number of nitrogens with one attached hydrogen (secondary N) is 1. The van der Waals surface area contributed by atoms with Crippen molar-refractivity contribution in [3.05, 3.63) is 70.2 Å². The molecule has 29 heavy (non-hydrogen) atoms. The third-order valence-electron chi connectivity index (χ3n) is 4.79. The van der Waals surface area contributed by atoms with E-state index in [4.69, 9.17) is 16.3 Å². The number of sulfonamides is 1. The highest BCUT2D eigenvalue weighted by molar-refractivity contribution is 7.88. The van der Waals surface area contributed by atoms with Gasteiger partial charge in [0.25, 0.3) is 0 Å². The summed E-state index contributed by atoms with van der Waals surface area (Å²) >= 11 is 6.26. The summed E-state index contributed by atoms with van der Waals surface area (Å²) in [4.78, 5) is 1.96. The van der Waals surface area contributed by atoms with E-state index in [1.807, 2.05) is 11.8 Å². The molecule has 0 amide bonds. The Balaban J connectivity index is 1.81. The van der Waals surface area contributed by atoms with Crippen LogP contribution in [0.3, 0.4) is 0 Å². The number of rotatable bonds is 7. The van der Waals surface area contributed by atoms with Crippen LogP contribution in [-0.2, 0) is 20.5 Å². The number of hydrogen-bond acceptors (Lipinski definition) is 4. The predicted octanol–water partition coefficient (Wildman–Crippen LogP) is 3.50. The van der Waals surface area contributed by atoms with Crippen molar-refractivity contribution in [2.24, 2.45) is 0 Å². The molecule has 1 saturated heterocycles. The molecule has 0 radical (unpaired) electrons. The summed E-state index contributed by atoms with van der Waals surface area (Å²) in [5.41, 5.74) is 0.578. The first-order valence-corrected chi connectivity index (χ1v) is 11.3. The van der Waals surface area contributed by atoms with Crippen molar-refractivity contribution in [2.45, 2.75) is 24.8 Å². The van der Waals surface area contributed by atoms with Crippen LogP contribution in [0.5, 0.6) is 0 Å². The summed E-state index contributed by atoms with van der Waals surface area (Å²) in [6.45, 7) is 3.33. The van der Waals surface area contributed by atoms with Crippen molar-refractivity contribution in [3.8, 4) is 0 Å². The maximum atomic E-state index is 14.6. The molecule has 2 unspecified atom stereocenters. The molecule has 2 atom stereocenters. The molecule has 0 spiro atoms. The molecule has 0 bridgehead atoms. The lowest BCUT2D eigenvalue weighted by molar-refractivity contribution is -0.0342. The second-order valence-electron chi connectivity index (χ2n) is 7.06. The zero-order valence-electron chi connectivity index (χ0n) is 15.9. The molecular weight excluding hydrogens is 422 g/mol. The molecule has 5 nitrogen and oxygen atoms in total. The van der Waals surface area contributed by atoms with E-state index in [-0.39, 0.29) is 29.0 Å². The van der Waals surface area contributed by atoms with Crippen LogP contribution < -0.4 is 4.72 Å². The molecule has 158 valence electrons. The molecule has 1 aliphatic rings. The van der Waals surface area contributed by atoms with Crippen molar-refractivity contribution in [1.29, 1.82) is 0 Å². The van der Waals surface area contributed by atoms with Crippen molar-refractivity contribution in [3.63, 3.8) is 0 Å². The van der Waals surface area contributed by atoms with Gasteiger partial charge in [0.2, 0.25) is 10.0 Å². The first-order chi connectivity index (χ1) is 13.7. The maximum absolute atomic E-state index is 14.6. The molecular formula is C20H23ClF2N2O3S. The van der Waals surface area contributed by atoms with E-state index >= 15 is 0 Å². The fraction of sp³-hybridized carbons (Fsp3) is 0.400. The van der Waals surface area contributed by atoms with E-state index < -0.39 is 27.7 Å². The third-order valence-corrected chi connectivity index (χ3v) is 6.44. The average Bonchev–Trinajstić information content (AvgIpc) is 2.63. The first kappa shape index (κ1) is 22.1. The van der Waals surface area contributed by atoms with Gasteiger partial charge in [-0.15, -0.1) is 0 Å². The third kappa shape index (κ3) is 5.96. The van der Waals surface area contributed by atoms with Gasteiger partial charge in [-0.2, -0.15) is 0 Å². The minimum absolute atomic E-state index is 0.0645. The van der Waals surface area contributed by atoms with E-state index in [0.29, 0.717) is 25.3 Å². The maximum Gasteiger partial charge on any atom is 0.215 e. The van der Waals surface area contributed by atoms with E-state index in [1.54, 1.807) is 6.07 Å². The predicted molar refractivity (Wildman–Crippen MR) is 108 cm³/mol. The molecule has 0 aliphatic carbocycles. The van der Waals surface area contributed by atoms with Crippen LogP contribution >= 0.6 is 11.6 Å². The Morgan fingerprint density at radius 1 is 1.28 bits per heavy atom. The van der Waals surface area contributed by atoms with E-state index in [9.17, 15) is 17.2 Å². The van der Waals surface area contributed by atoms with Gasteiger partial charge >= 0.3 is 0 Å². The molecule has 1 heterocycles. The molecule has 0 aromatic heterocycles. The quantitative estimate of drug-likeness (QED) is 0.710. The minimum Gasteiger partial charge on any atom is -0.376 e. The van der Waals surface area contributed by atoms with Gasteiger partial charge in [-0.1, -0.05) is 29.8 Å². The van der Waals surface area contributed by atoms with Crippen molar-refractivity contribution in [1.82, 2.24) is 9.62 Å². The number of ether oxygens (including phenoxy) is 1. The minimum atomic E-state index is -3.77. The monoisotopic (exact) mass is 444 g/mol. The van der Waals surface area contributed by atoms with Gasteiger partial charge in [0.15, 0.2) is 0 Å². The van der Waals surface area contributed by atoms with Crippen LogP contribution in [0.1, 0.15) is 24.1 Å². The summed E-state index contributed by atoms with van der Waals surface area (Å²) in [6.07, 6.45) is -0.0688. The van der Waals surface area contributed by atoms with Crippen LogP contribution in [0.25, 0.3) is 0 Å². The van der Waals surface area contributed by atoms with Crippen molar-refractivity contribution < 1.29 is 21.9 Å². The Labute approximate surface area is 174 Å². The highest BCUT2D eigenvalue weighted by Gasteiger charge is 2.30. The highest BCUT2D eigenvalue weighted by atomic mass is 35.5. The number of halogens is 3. The highest BCUT2D eigenvalue weighted by Crippen LogP contribution is 2.31. The SMILES string of the molecule is CC1CN(C(CNS(=O)(=O)Cc2cccc(F)c2)c2c(F)cccc2Cl)CCO1. The van der Waals surface area contributed by atoms with Gasteiger partial charge in [0, 0.05) is 30.2 Å². The topological polar surface area (TPSA) is 58.6 Å². The number of nitrogens with zero attached hydrogens (tertiary/aromatic N) is 1. The second kappa shape index (κ2) is 9.49. The summed E-state index contributed by atoms with van der Waals surface area (Å²) in [5, 5.41) is 0.235. The summed E-state index contributed by atoms with van der Waals surface area (Å²) in [6, 6.07) is 9.21. The molecule has 2 aromatic carbocycles. The Kier molecular flexibility index (Phi) is 7.23. The number of benzene rings is 2.